The summed E-state index contributed by atoms with van der Waals surface area (Å²) >= 11 is 0. The first kappa shape index (κ1) is 16.3. The van der Waals surface area contributed by atoms with E-state index in [4.69, 9.17) is 4.74 Å². The number of nitrogens with one attached hydrogen (secondary N) is 2. The molecule has 2 rings (SSSR count). The van der Waals surface area contributed by atoms with Crippen LogP contribution in [0.5, 0.6) is 0 Å². The van der Waals surface area contributed by atoms with E-state index in [0.29, 0.717) is 5.56 Å². The first-order valence-corrected chi connectivity index (χ1v) is 6.48. The van der Waals surface area contributed by atoms with Gasteiger partial charge in [-0.2, -0.15) is 0 Å². The van der Waals surface area contributed by atoms with Crippen LogP contribution in [0.15, 0.2) is 30.5 Å². The number of hydrogen-bond acceptors (Lipinski definition) is 4. The smallest absolute Gasteiger partial charge is 0.355 e. The van der Waals surface area contributed by atoms with E-state index in [-0.39, 0.29) is 17.2 Å². The van der Waals surface area contributed by atoms with Gasteiger partial charge < -0.3 is 15.0 Å². The Bertz CT molecular complexity index is 771. The Morgan fingerprint density at radius 3 is 2.52 bits per heavy atom. The molecule has 0 aliphatic rings. The van der Waals surface area contributed by atoms with E-state index in [1.54, 1.807) is 0 Å². The second-order valence-corrected chi connectivity index (χ2v) is 4.61. The van der Waals surface area contributed by atoms with Crippen LogP contribution in [-0.4, -0.2) is 29.3 Å². The van der Waals surface area contributed by atoms with Crippen molar-refractivity contribution in [3.63, 3.8) is 0 Å². The summed E-state index contributed by atoms with van der Waals surface area (Å²) in [4.78, 5) is 36.9. The van der Waals surface area contributed by atoms with Crippen molar-refractivity contribution < 1.29 is 27.9 Å². The number of H-pyrrole nitrogens is 1. The van der Waals surface area contributed by atoms with Crippen LogP contribution in [0.1, 0.15) is 27.8 Å². The van der Waals surface area contributed by atoms with Crippen molar-refractivity contribution in [2.24, 2.45) is 0 Å². The quantitative estimate of drug-likeness (QED) is 0.653. The Balaban J connectivity index is 1.89. The van der Waals surface area contributed by atoms with E-state index in [0.717, 1.165) is 12.1 Å². The lowest BCUT2D eigenvalue weighted by molar-refractivity contribution is -0.119. The molecule has 0 unspecified atom stereocenters. The molecule has 0 spiro atoms. The molecule has 6 nitrogen and oxygen atoms in total. The van der Waals surface area contributed by atoms with Gasteiger partial charge in [0.05, 0.1) is 0 Å². The average Bonchev–Trinajstić information content (AvgIpc) is 2.99. The van der Waals surface area contributed by atoms with Crippen LogP contribution >= 0.6 is 0 Å². The summed E-state index contributed by atoms with van der Waals surface area (Å²) in [5.74, 6) is -3.91. The van der Waals surface area contributed by atoms with E-state index in [2.05, 4.69) is 10.3 Å². The van der Waals surface area contributed by atoms with Crippen LogP contribution in [0, 0.1) is 11.6 Å². The molecule has 0 radical (unpaired) electrons. The zero-order chi connectivity index (χ0) is 17.0. The molecule has 0 atom stereocenters. The number of ether oxygens (including phenoxy) is 1. The first-order valence-electron chi connectivity index (χ1n) is 6.48. The number of aromatic nitrogens is 1. The maximum absolute atomic E-state index is 13.0. The Kier molecular flexibility index (Phi) is 4.85. The van der Waals surface area contributed by atoms with Crippen LogP contribution in [0.25, 0.3) is 0 Å². The molecule has 0 saturated heterocycles. The maximum Gasteiger partial charge on any atom is 0.355 e. The summed E-state index contributed by atoms with van der Waals surface area (Å²) in [5.41, 5.74) is 0.364. The molecule has 0 aliphatic carbocycles. The molecule has 23 heavy (non-hydrogen) atoms. The van der Waals surface area contributed by atoms with Gasteiger partial charge in [0, 0.05) is 23.5 Å². The fourth-order valence-corrected chi connectivity index (χ4v) is 1.70. The normalized spacial score (nSPS) is 10.2. The highest BCUT2D eigenvalue weighted by Gasteiger charge is 2.14. The number of halogens is 2. The van der Waals surface area contributed by atoms with Crippen LogP contribution in [0.4, 0.5) is 14.5 Å². The second kappa shape index (κ2) is 6.82. The van der Waals surface area contributed by atoms with Gasteiger partial charge in [-0.05, 0) is 25.1 Å². The molecule has 0 fully saturated rings. The third-order valence-electron chi connectivity index (χ3n) is 2.85. The standard InChI is InChI=1S/C15H12F2N2O4/c1-8(20)9-4-13(18-6-9)15(22)23-7-14(21)19-10-2-3-11(16)12(17)5-10/h2-6,18H,7H2,1H3,(H,19,21). The zero-order valence-electron chi connectivity index (χ0n) is 12.0. The third kappa shape index (κ3) is 4.22. The van der Waals surface area contributed by atoms with Crippen LogP contribution < -0.4 is 5.32 Å². The van der Waals surface area contributed by atoms with Crippen LogP contribution in [0.3, 0.4) is 0 Å². The minimum atomic E-state index is -1.11. The predicted octanol–water partition coefficient (Wildman–Crippen LogP) is 2.29. The molecule has 120 valence electrons. The van der Waals surface area contributed by atoms with Gasteiger partial charge in [-0.25, -0.2) is 13.6 Å². The molecule has 1 aromatic heterocycles. The SMILES string of the molecule is CC(=O)c1c[nH]c(C(=O)OCC(=O)Nc2ccc(F)c(F)c2)c1. The number of Topliss-reactive ketones (excluding diaryl/α,β-unsaturated/α-hetero) is 1. The van der Waals surface area contributed by atoms with Crippen molar-refractivity contribution in [3.8, 4) is 0 Å². The van der Waals surface area contributed by atoms with E-state index in [1.807, 2.05) is 0 Å². The second-order valence-electron chi connectivity index (χ2n) is 4.61. The molecule has 0 saturated carbocycles. The summed E-state index contributed by atoms with van der Waals surface area (Å²) in [7, 11) is 0. The minimum Gasteiger partial charge on any atom is -0.451 e. The molecule has 2 N–H and O–H groups in total. The summed E-state index contributed by atoms with van der Waals surface area (Å²) in [6, 6.07) is 4.14. The molecular weight excluding hydrogens is 310 g/mol. The number of carbonyl (C=O) groups excluding carboxylic acids is 3. The van der Waals surface area contributed by atoms with E-state index in [1.165, 1.54) is 25.3 Å². The predicted molar refractivity (Wildman–Crippen MR) is 76.1 cm³/mol. The van der Waals surface area contributed by atoms with Crippen molar-refractivity contribution in [1.29, 1.82) is 0 Å². The molecule has 0 aliphatic heterocycles. The molecule has 2 aromatic rings. The van der Waals surface area contributed by atoms with Crippen LogP contribution in [-0.2, 0) is 9.53 Å². The summed E-state index contributed by atoms with van der Waals surface area (Å²) in [6.07, 6.45) is 1.35. The number of hydrogen-bond donors (Lipinski definition) is 2. The molecule has 1 heterocycles. The Hall–Kier alpha value is -3.03. The van der Waals surface area contributed by atoms with Gasteiger partial charge in [-0.1, -0.05) is 0 Å². The average molecular weight is 322 g/mol. The Morgan fingerprint density at radius 1 is 1.17 bits per heavy atom. The van der Waals surface area contributed by atoms with Crippen molar-refractivity contribution in [1.82, 2.24) is 4.98 Å². The highest BCUT2D eigenvalue weighted by atomic mass is 19.2. The number of ketones is 1. The van der Waals surface area contributed by atoms with Gasteiger partial charge in [0.15, 0.2) is 24.0 Å². The van der Waals surface area contributed by atoms with E-state index in [9.17, 15) is 23.2 Å². The number of aromatic amines is 1. The monoisotopic (exact) mass is 322 g/mol. The highest BCUT2D eigenvalue weighted by Crippen LogP contribution is 2.13. The van der Waals surface area contributed by atoms with Crippen molar-refractivity contribution in [2.45, 2.75) is 6.92 Å². The molecular formula is C15H12F2N2O4. The lowest BCUT2D eigenvalue weighted by Crippen LogP contribution is -2.21. The highest BCUT2D eigenvalue weighted by molar-refractivity contribution is 5.98. The van der Waals surface area contributed by atoms with Gasteiger partial charge >= 0.3 is 5.97 Å². The molecule has 1 amide bonds. The minimum absolute atomic E-state index is 0.0239. The summed E-state index contributed by atoms with van der Waals surface area (Å²) < 4.78 is 30.5. The summed E-state index contributed by atoms with van der Waals surface area (Å²) in [6.45, 7) is 0.722. The van der Waals surface area contributed by atoms with Crippen molar-refractivity contribution in [3.05, 3.63) is 53.4 Å². The number of benzene rings is 1. The van der Waals surface area contributed by atoms with Gasteiger partial charge in [0.2, 0.25) is 0 Å². The van der Waals surface area contributed by atoms with Crippen LogP contribution in [0.2, 0.25) is 0 Å². The van der Waals surface area contributed by atoms with Gasteiger partial charge in [0.1, 0.15) is 5.69 Å². The van der Waals surface area contributed by atoms with Crippen molar-refractivity contribution >= 4 is 23.3 Å². The fourth-order valence-electron chi connectivity index (χ4n) is 1.70. The Morgan fingerprint density at radius 2 is 1.91 bits per heavy atom. The largest absolute Gasteiger partial charge is 0.451 e. The molecule has 8 heteroatoms. The van der Waals surface area contributed by atoms with E-state index < -0.39 is 30.1 Å². The Labute approximate surface area is 129 Å². The lowest BCUT2D eigenvalue weighted by Gasteiger charge is -2.06. The third-order valence-corrected chi connectivity index (χ3v) is 2.85. The fraction of sp³-hybridized carbons (Fsp3) is 0.133. The first-order chi connectivity index (χ1) is 10.9. The molecule has 1 aromatic carbocycles. The zero-order valence-corrected chi connectivity index (χ0v) is 12.0. The van der Waals surface area contributed by atoms with Crippen molar-refractivity contribution in [2.75, 3.05) is 11.9 Å². The number of anilines is 1. The van der Waals surface area contributed by atoms with E-state index >= 15 is 0 Å². The van der Waals surface area contributed by atoms with Gasteiger partial charge in [-0.3, -0.25) is 9.59 Å². The number of carbonyl (C=O) groups is 3. The molecule has 0 bridgehead atoms. The maximum atomic E-state index is 13.0. The lowest BCUT2D eigenvalue weighted by atomic mass is 10.2. The number of rotatable bonds is 5. The topological polar surface area (TPSA) is 88.3 Å². The number of esters is 1. The summed E-state index contributed by atoms with van der Waals surface area (Å²) in [5, 5.41) is 2.25. The number of amides is 1. The van der Waals surface area contributed by atoms with Gasteiger partial charge in [0.25, 0.3) is 5.91 Å². The van der Waals surface area contributed by atoms with Gasteiger partial charge in [-0.15, -0.1) is 0 Å².